The van der Waals surface area contributed by atoms with Crippen molar-refractivity contribution in [3.63, 3.8) is 0 Å². The van der Waals surface area contributed by atoms with Gasteiger partial charge in [-0.15, -0.1) is 0 Å². The highest BCUT2D eigenvalue weighted by atomic mass is 14.9. The van der Waals surface area contributed by atoms with Gasteiger partial charge in [0, 0.05) is 6.04 Å². The molecule has 0 radical (unpaired) electrons. The molecule has 0 bridgehead atoms. The minimum Gasteiger partial charge on any atom is -0.316 e. The lowest BCUT2D eigenvalue weighted by Gasteiger charge is -2.33. The second kappa shape index (κ2) is 4.08. The van der Waals surface area contributed by atoms with E-state index in [1.54, 1.807) is 0 Å². The van der Waals surface area contributed by atoms with Crippen LogP contribution in [0.25, 0.3) is 0 Å². The van der Waals surface area contributed by atoms with E-state index in [2.05, 4.69) is 33.1 Å². The Labute approximate surface area is 95.0 Å². The lowest BCUT2D eigenvalue weighted by atomic mass is 9.77. The number of nitrogens with one attached hydrogen (secondary N) is 1. The summed E-state index contributed by atoms with van der Waals surface area (Å²) < 4.78 is 0. The first-order chi connectivity index (χ1) is 7.04. The van der Waals surface area contributed by atoms with Gasteiger partial charge in [-0.1, -0.05) is 33.6 Å². The van der Waals surface area contributed by atoms with Crippen molar-refractivity contribution in [2.75, 3.05) is 7.05 Å². The van der Waals surface area contributed by atoms with Crippen molar-refractivity contribution in [1.29, 1.82) is 0 Å². The van der Waals surface area contributed by atoms with E-state index in [-0.39, 0.29) is 0 Å². The minimum atomic E-state index is 0.622. The number of hydrogen-bond donors (Lipinski definition) is 1. The zero-order chi connectivity index (χ0) is 11.1. The molecule has 0 heterocycles. The van der Waals surface area contributed by atoms with Gasteiger partial charge in [0.25, 0.3) is 0 Å². The fraction of sp³-hybridized carbons (Fsp3) is 1.00. The van der Waals surface area contributed by atoms with Gasteiger partial charge in [-0.2, -0.15) is 0 Å². The molecule has 0 aromatic carbocycles. The van der Waals surface area contributed by atoms with Crippen LogP contribution in [0, 0.1) is 23.2 Å². The van der Waals surface area contributed by atoms with E-state index in [0.717, 1.165) is 23.8 Å². The monoisotopic (exact) mass is 209 g/mol. The van der Waals surface area contributed by atoms with E-state index < -0.39 is 0 Å². The molecule has 2 saturated carbocycles. The molecule has 15 heavy (non-hydrogen) atoms. The van der Waals surface area contributed by atoms with Gasteiger partial charge in [0.2, 0.25) is 0 Å². The zero-order valence-corrected chi connectivity index (χ0v) is 10.8. The molecule has 1 N–H and O–H groups in total. The lowest BCUT2D eigenvalue weighted by Crippen LogP contribution is -2.38. The first-order valence-electron chi connectivity index (χ1n) is 6.72. The van der Waals surface area contributed by atoms with Crippen LogP contribution in [0.4, 0.5) is 0 Å². The van der Waals surface area contributed by atoms with Crippen LogP contribution in [0.1, 0.15) is 52.9 Å². The van der Waals surface area contributed by atoms with E-state index in [1.165, 1.54) is 32.1 Å². The minimum absolute atomic E-state index is 0.622. The topological polar surface area (TPSA) is 12.0 Å². The Morgan fingerprint density at radius 3 is 2.07 bits per heavy atom. The molecule has 88 valence electrons. The smallest absolute Gasteiger partial charge is 0.0126 e. The maximum atomic E-state index is 3.60. The average Bonchev–Trinajstić information content (AvgIpc) is 2.80. The highest BCUT2D eigenvalue weighted by molar-refractivity contribution is 5.03. The van der Waals surface area contributed by atoms with Crippen LogP contribution >= 0.6 is 0 Å². The fourth-order valence-corrected chi connectivity index (χ4v) is 3.53. The summed E-state index contributed by atoms with van der Waals surface area (Å²) in [5, 5.41) is 3.60. The standard InChI is InChI=1S/C14H27N/c1-10-5-7-11(8-6-10)13(15-4)12-9-14(12,2)3/h10-13,15H,5-9H2,1-4H3. The summed E-state index contributed by atoms with van der Waals surface area (Å²) in [5.74, 6) is 2.88. The first kappa shape index (κ1) is 11.4. The van der Waals surface area contributed by atoms with Crippen molar-refractivity contribution >= 4 is 0 Å². The Kier molecular flexibility index (Phi) is 3.12. The van der Waals surface area contributed by atoms with Gasteiger partial charge in [-0.05, 0) is 49.5 Å². The van der Waals surface area contributed by atoms with E-state index in [1.807, 2.05) is 0 Å². The quantitative estimate of drug-likeness (QED) is 0.750. The highest BCUT2D eigenvalue weighted by Crippen LogP contribution is 2.55. The molecule has 0 amide bonds. The van der Waals surface area contributed by atoms with Crippen molar-refractivity contribution in [2.45, 2.75) is 58.9 Å². The third-order valence-corrected chi connectivity index (χ3v) is 4.92. The third-order valence-electron chi connectivity index (χ3n) is 4.92. The second-order valence-corrected chi connectivity index (χ2v) is 6.63. The summed E-state index contributed by atoms with van der Waals surface area (Å²) in [5.41, 5.74) is 0.622. The van der Waals surface area contributed by atoms with Gasteiger partial charge in [0.1, 0.15) is 0 Å². The molecule has 0 aromatic rings. The van der Waals surface area contributed by atoms with Gasteiger partial charge in [0.15, 0.2) is 0 Å². The van der Waals surface area contributed by atoms with Crippen LogP contribution in [-0.2, 0) is 0 Å². The molecule has 2 unspecified atom stereocenters. The van der Waals surface area contributed by atoms with E-state index >= 15 is 0 Å². The van der Waals surface area contributed by atoms with Crippen LogP contribution in [0.5, 0.6) is 0 Å². The van der Waals surface area contributed by atoms with Crippen LogP contribution in [0.15, 0.2) is 0 Å². The molecular weight excluding hydrogens is 182 g/mol. The molecule has 0 aromatic heterocycles. The number of rotatable bonds is 3. The van der Waals surface area contributed by atoms with Crippen molar-refractivity contribution in [1.82, 2.24) is 5.32 Å². The van der Waals surface area contributed by atoms with Crippen molar-refractivity contribution < 1.29 is 0 Å². The SMILES string of the molecule is CNC(C1CCC(C)CC1)C1CC1(C)C. The van der Waals surface area contributed by atoms with E-state index in [9.17, 15) is 0 Å². The van der Waals surface area contributed by atoms with E-state index in [4.69, 9.17) is 0 Å². The Morgan fingerprint density at radius 2 is 1.67 bits per heavy atom. The van der Waals surface area contributed by atoms with Crippen LogP contribution in [0.2, 0.25) is 0 Å². The van der Waals surface area contributed by atoms with Crippen LogP contribution in [-0.4, -0.2) is 13.1 Å². The predicted molar refractivity (Wildman–Crippen MR) is 65.9 cm³/mol. The summed E-state index contributed by atoms with van der Waals surface area (Å²) in [6.45, 7) is 7.26. The van der Waals surface area contributed by atoms with Crippen molar-refractivity contribution in [3.8, 4) is 0 Å². The van der Waals surface area contributed by atoms with E-state index in [0.29, 0.717) is 5.41 Å². The Hall–Kier alpha value is -0.0400. The maximum absolute atomic E-state index is 3.60. The van der Waals surface area contributed by atoms with Gasteiger partial charge < -0.3 is 5.32 Å². The maximum Gasteiger partial charge on any atom is 0.0126 e. The zero-order valence-electron chi connectivity index (χ0n) is 10.8. The lowest BCUT2D eigenvalue weighted by molar-refractivity contribution is 0.210. The molecule has 2 aliphatic carbocycles. The van der Waals surface area contributed by atoms with Crippen LogP contribution < -0.4 is 5.32 Å². The van der Waals surface area contributed by atoms with Gasteiger partial charge >= 0.3 is 0 Å². The summed E-state index contributed by atoms with van der Waals surface area (Å²) >= 11 is 0. The summed E-state index contributed by atoms with van der Waals surface area (Å²) in [4.78, 5) is 0. The molecular formula is C14H27N. The number of hydrogen-bond acceptors (Lipinski definition) is 1. The molecule has 0 saturated heterocycles. The van der Waals surface area contributed by atoms with Gasteiger partial charge in [-0.25, -0.2) is 0 Å². The normalized spacial score (nSPS) is 41.2. The Morgan fingerprint density at radius 1 is 1.13 bits per heavy atom. The predicted octanol–water partition coefficient (Wildman–Crippen LogP) is 3.45. The molecule has 2 rings (SSSR count). The summed E-state index contributed by atoms with van der Waals surface area (Å²) in [6.07, 6.45) is 7.26. The first-order valence-corrected chi connectivity index (χ1v) is 6.72. The molecule has 1 nitrogen and oxygen atoms in total. The van der Waals surface area contributed by atoms with Crippen LogP contribution in [0.3, 0.4) is 0 Å². The summed E-state index contributed by atoms with van der Waals surface area (Å²) in [7, 11) is 2.16. The molecule has 2 atom stereocenters. The van der Waals surface area contributed by atoms with Crippen molar-refractivity contribution in [3.05, 3.63) is 0 Å². The van der Waals surface area contributed by atoms with Gasteiger partial charge in [0.05, 0.1) is 0 Å². The highest BCUT2D eigenvalue weighted by Gasteiger charge is 2.51. The molecule has 0 spiro atoms. The average molecular weight is 209 g/mol. The molecule has 2 aliphatic rings. The molecule has 1 heteroatoms. The van der Waals surface area contributed by atoms with Crippen molar-refractivity contribution in [2.24, 2.45) is 23.2 Å². The van der Waals surface area contributed by atoms with Gasteiger partial charge in [-0.3, -0.25) is 0 Å². The Balaban J connectivity index is 1.90. The molecule has 2 fully saturated rings. The summed E-state index contributed by atoms with van der Waals surface area (Å²) in [6, 6.07) is 0.799. The molecule has 0 aliphatic heterocycles. The second-order valence-electron chi connectivity index (χ2n) is 6.63. The largest absolute Gasteiger partial charge is 0.316 e. The third kappa shape index (κ3) is 2.38. The fourth-order valence-electron chi connectivity index (χ4n) is 3.53. The Bertz CT molecular complexity index is 213.